The van der Waals surface area contributed by atoms with Gasteiger partial charge in [-0.05, 0) is 29.5 Å². The van der Waals surface area contributed by atoms with Crippen LogP contribution in [0.2, 0.25) is 0 Å². The lowest BCUT2D eigenvalue weighted by atomic mass is 10.2. The average Bonchev–Trinajstić information content (AvgIpc) is 2.03. The molecule has 0 amide bonds. The van der Waals surface area contributed by atoms with Crippen molar-refractivity contribution in [1.82, 2.24) is 0 Å². The van der Waals surface area contributed by atoms with Gasteiger partial charge in [0.05, 0.1) is 0 Å². The van der Waals surface area contributed by atoms with Crippen molar-refractivity contribution in [1.29, 1.82) is 0 Å². The van der Waals surface area contributed by atoms with Crippen LogP contribution in [0, 0.1) is 0 Å². The Kier molecular flexibility index (Phi) is 3.55. The van der Waals surface area contributed by atoms with E-state index in [9.17, 15) is 13.2 Å². The molecular weight excluding hydrogens is 217 g/mol. The van der Waals surface area contributed by atoms with Gasteiger partial charge < -0.3 is 0 Å². The average molecular weight is 224 g/mol. The summed E-state index contributed by atoms with van der Waals surface area (Å²) in [4.78, 5) is 0.207. The second-order valence-corrected chi connectivity index (χ2v) is 3.80. The van der Waals surface area contributed by atoms with Crippen molar-refractivity contribution < 1.29 is 13.2 Å². The number of thioether (sulfide) groups is 1. The molecule has 0 saturated carbocycles. The van der Waals surface area contributed by atoms with Crippen molar-refractivity contribution in [3.05, 3.63) is 29.8 Å². The van der Waals surface area contributed by atoms with Gasteiger partial charge in [0, 0.05) is 10.6 Å². The zero-order valence-electron chi connectivity index (χ0n) is 6.51. The summed E-state index contributed by atoms with van der Waals surface area (Å²) in [6, 6.07) is 6.18. The zero-order chi connectivity index (χ0) is 9.90. The highest BCUT2D eigenvalue weighted by molar-refractivity contribution is 8.00. The molecule has 0 heterocycles. The third kappa shape index (κ3) is 3.95. The summed E-state index contributed by atoms with van der Waals surface area (Å²) in [5.74, 6) is 0.539. The molecule has 0 nitrogen and oxygen atoms in total. The summed E-state index contributed by atoms with van der Waals surface area (Å²) < 4.78 is 35.6. The first-order valence-corrected chi connectivity index (χ1v) is 4.92. The Morgan fingerprint density at radius 3 is 2.08 bits per heavy atom. The maximum absolute atomic E-state index is 11.9. The first kappa shape index (κ1) is 10.8. The Morgan fingerprint density at radius 1 is 1.15 bits per heavy atom. The Labute approximate surface area is 83.9 Å². The Balaban J connectivity index is 2.70. The lowest BCUT2D eigenvalue weighted by Gasteiger charge is -2.05. The molecular formula is C8H7F3S2. The fourth-order valence-corrected chi connectivity index (χ4v) is 1.55. The molecule has 72 valence electrons. The minimum atomic E-state index is -4.21. The number of rotatable bonds is 2. The zero-order valence-corrected chi connectivity index (χ0v) is 8.22. The predicted octanol–water partition coefficient (Wildman–Crippen LogP) is 3.73. The number of thiol groups is 1. The molecule has 13 heavy (non-hydrogen) atoms. The number of benzene rings is 1. The van der Waals surface area contributed by atoms with Crippen LogP contribution < -0.4 is 0 Å². The Morgan fingerprint density at radius 2 is 1.69 bits per heavy atom. The van der Waals surface area contributed by atoms with Gasteiger partial charge in [-0.1, -0.05) is 12.1 Å². The predicted molar refractivity (Wildman–Crippen MR) is 51.0 cm³/mol. The number of hydrogen-bond donors (Lipinski definition) is 1. The maximum atomic E-state index is 11.9. The van der Waals surface area contributed by atoms with Crippen molar-refractivity contribution >= 4 is 24.4 Å². The van der Waals surface area contributed by atoms with E-state index >= 15 is 0 Å². The van der Waals surface area contributed by atoms with Gasteiger partial charge in [0.2, 0.25) is 0 Å². The van der Waals surface area contributed by atoms with Gasteiger partial charge in [0.15, 0.2) is 0 Å². The first-order valence-electron chi connectivity index (χ1n) is 3.47. The van der Waals surface area contributed by atoms with Gasteiger partial charge in [0.25, 0.3) is 0 Å². The molecule has 0 N–H and O–H groups in total. The molecule has 0 unspecified atom stereocenters. The monoisotopic (exact) mass is 224 g/mol. The topological polar surface area (TPSA) is 0 Å². The summed E-state index contributed by atoms with van der Waals surface area (Å²) >= 11 is 3.90. The van der Waals surface area contributed by atoms with E-state index in [0.29, 0.717) is 5.75 Å². The van der Waals surface area contributed by atoms with Crippen LogP contribution in [-0.2, 0) is 5.75 Å². The highest BCUT2D eigenvalue weighted by atomic mass is 32.2. The molecule has 0 aromatic heterocycles. The van der Waals surface area contributed by atoms with Gasteiger partial charge in [0.1, 0.15) is 0 Å². The molecule has 0 radical (unpaired) electrons. The second kappa shape index (κ2) is 4.28. The summed E-state index contributed by atoms with van der Waals surface area (Å²) in [7, 11) is 0. The molecule has 0 bridgehead atoms. The molecule has 0 aliphatic rings. The van der Waals surface area contributed by atoms with Crippen molar-refractivity contribution in [3.63, 3.8) is 0 Å². The van der Waals surface area contributed by atoms with Crippen LogP contribution in [0.15, 0.2) is 29.2 Å². The quantitative estimate of drug-likeness (QED) is 0.590. The third-order valence-electron chi connectivity index (χ3n) is 1.34. The lowest BCUT2D eigenvalue weighted by Crippen LogP contribution is -1.98. The first-order chi connectivity index (χ1) is 6.01. The number of halogens is 3. The van der Waals surface area contributed by atoms with Gasteiger partial charge in [-0.2, -0.15) is 25.8 Å². The summed E-state index contributed by atoms with van der Waals surface area (Å²) in [6.07, 6.45) is 0. The van der Waals surface area contributed by atoms with Crippen molar-refractivity contribution in [2.75, 3.05) is 0 Å². The van der Waals surface area contributed by atoms with E-state index in [0.717, 1.165) is 5.56 Å². The van der Waals surface area contributed by atoms with Crippen LogP contribution in [0.4, 0.5) is 13.2 Å². The minimum absolute atomic E-state index is 0.105. The molecule has 0 saturated heterocycles. The smallest absolute Gasteiger partial charge is 0.175 e. The van der Waals surface area contributed by atoms with Crippen molar-refractivity contribution in [2.45, 2.75) is 16.2 Å². The fourth-order valence-electron chi connectivity index (χ4n) is 0.797. The second-order valence-electron chi connectivity index (χ2n) is 2.35. The van der Waals surface area contributed by atoms with E-state index < -0.39 is 5.51 Å². The van der Waals surface area contributed by atoms with E-state index in [4.69, 9.17) is 0 Å². The van der Waals surface area contributed by atoms with Gasteiger partial charge in [-0.3, -0.25) is 0 Å². The van der Waals surface area contributed by atoms with E-state index in [2.05, 4.69) is 12.6 Å². The molecule has 0 aliphatic carbocycles. The molecule has 5 heteroatoms. The molecule has 0 atom stereocenters. The summed E-state index contributed by atoms with van der Waals surface area (Å²) in [6.45, 7) is 0. The van der Waals surface area contributed by atoms with Crippen LogP contribution in [-0.4, -0.2) is 5.51 Å². The Hall–Kier alpha value is -0.290. The molecule has 0 aliphatic heterocycles. The molecule has 0 spiro atoms. The maximum Gasteiger partial charge on any atom is 0.446 e. The van der Waals surface area contributed by atoms with Crippen molar-refractivity contribution in [3.8, 4) is 0 Å². The van der Waals surface area contributed by atoms with Crippen LogP contribution in [0.5, 0.6) is 0 Å². The third-order valence-corrected chi connectivity index (χ3v) is 2.44. The largest absolute Gasteiger partial charge is 0.446 e. The van der Waals surface area contributed by atoms with Crippen LogP contribution in [0.25, 0.3) is 0 Å². The van der Waals surface area contributed by atoms with Gasteiger partial charge in [-0.15, -0.1) is 0 Å². The van der Waals surface area contributed by atoms with E-state index in [1.165, 1.54) is 12.1 Å². The normalized spacial score (nSPS) is 11.7. The van der Waals surface area contributed by atoms with Gasteiger partial charge >= 0.3 is 5.51 Å². The summed E-state index contributed by atoms with van der Waals surface area (Å²) in [5.41, 5.74) is -3.29. The fraction of sp³-hybridized carbons (Fsp3) is 0.250. The molecule has 1 aromatic rings. The van der Waals surface area contributed by atoms with Crippen LogP contribution >= 0.6 is 24.4 Å². The van der Waals surface area contributed by atoms with Gasteiger partial charge in [-0.25, -0.2) is 0 Å². The lowest BCUT2D eigenvalue weighted by molar-refractivity contribution is -0.0328. The Bertz CT molecular complexity index is 266. The standard InChI is InChI=1S/C8H7F3S2/c9-8(10,11)13-7-3-1-6(5-12)2-4-7/h1-4,12H,5H2. The highest BCUT2D eigenvalue weighted by Crippen LogP contribution is 2.36. The molecule has 0 fully saturated rings. The number of hydrogen-bond acceptors (Lipinski definition) is 2. The minimum Gasteiger partial charge on any atom is -0.175 e. The SMILES string of the molecule is FC(F)(F)Sc1ccc(CS)cc1. The number of alkyl halides is 3. The van der Waals surface area contributed by atoms with E-state index in [-0.39, 0.29) is 16.7 Å². The van der Waals surface area contributed by atoms with Crippen LogP contribution in [0.3, 0.4) is 0 Å². The van der Waals surface area contributed by atoms with Crippen LogP contribution in [0.1, 0.15) is 5.56 Å². The molecule has 1 rings (SSSR count). The van der Waals surface area contributed by atoms with E-state index in [1.807, 2.05) is 0 Å². The molecule has 1 aromatic carbocycles. The van der Waals surface area contributed by atoms with Crippen molar-refractivity contribution in [2.24, 2.45) is 0 Å². The highest BCUT2D eigenvalue weighted by Gasteiger charge is 2.28. The van der Waals surface area contributed by atoms with E-state index in [1.54, 1.807) is 12.1 Å². The summed E-state index contributed by atoms with van der Waals surface area (Å²) in [5, 5.41) is 0.